The van der Waals surface area contributed by atoms with E-state index in [4.69, 9.17) is 5.11 Å². The molecule has 0 aliphatic heterocycles. The van der Waals surface area contributed by atoms with Crippen molar-refractivity contribution >= 4 is 26.9 Å². The molecule has 0 amide bonds. The zero-order valence-electron chi connectivity index (χ0n) is 15.1. The first kappa shape index (κ1) is 20.7. The van der Waals surface area contributed by atoms with Gasteiger partial charge in [0.2, 0.25) is 0 Å². The number of carboxylic acids is 1. The van der Waals surface area contributed by atoms with E-state index in [-0.39, 0.29) is 28.6 Å². The van der Waals surface area contributed by atoms with E-state index >= 15 is 0 Å². The maximum atomic E-state index is 13.0. The number of benzene rings is 2. The molecule has 9 heteroatoms. The van der Waals surface area contributed by atoms with Crippen LogP contribution in [0.25, 0.3) is 10.9 Å². The Morgan fingerprint density at radius 2 is 1.76 bits per heavy atom. The molecule has 0 aliphatic carbocycles. The lowest BCUT2D eigenvalue weighted by Gasteiger charge is -2.10. The summed E-state index contributed by atoms with van der Waals surface area (Å²) in [5.41, 5.74) is 0.216. The molecule has 0 unspecified atom stereocenters. The molecule has 0 aliphatic rings. The van der Waals surface area contributed by atoms with Gasteiger partial charge in [-0.1, -0.05) is 18.2 Å². The monoisotopic (exact) mass is 423 g/mol. The second-order valence-corrected chi connectivity index (χ2v) is 8.03. The number of fused-ring (bicyclic) bond motifs is 1. The number of allylic oxidation sites excluding steroid dienone is 1. The van der Waals surface area contributed by atoms with Gasteiger partial charge in [-0.15, -0.1) is 0 Å². The largest absolute Gasteiger partial charge is 0.478 e. The predicted octanol–water partition coefficient (Wildman–Crippen LogP) is 4.66. The molecule has 152 valence electrons. The van der Waals surface area contributed by atoms with Gasteiger partial charge in [-0.3, -0.25) is 0 Å². The van der Waals surface area contributed by atoms with Crippen LogP contribution < -0.4 is 0 Å². The Morgan fingerprint density at radius 1 is 1.10 bits per heavy atom. The Bertz CT molecular complexity index is 1210. The van der Waals surface area contributed by atoms with Crippen molar-refractivity contribution in [1.29, 1.82) is 0 Å². The number of alkyl halides is 3. The van der Waals surface area contributed by atoms with Crippen molar-refractivity contribution in [1.82, 2.24) is 3.97 Å². The molecular weight excluding hydrogens is 407 g/mol. The number of aromatic nitrogens is 1. The third-order valence-corrected chi connectivity index (χ3v) is 5.86. The van der Waals surface area contributed by atoms with Crippen LogP contribution in [-0.2, 0) is 22.6 Å². The second kappa shape index (κ2) is 7.40. The van der Waals surface area contributed by atoms with Gasteiger partial charge in [0.05, 0.1) is 16.6 Å². The molecule has 1 aromatic heterocycles. The van der Waals surface area contributed by atoms with Crippen molar-refractivity contribution in [2.75, 3.05) is 0 Å². The first-order valence-electron chi connectivity index (χ1n) is 8.45. The Balaban J connectivity index is 2.17. The SMILES string of the molecule is CC=CS(=O)(=O)n1c(Cc2ccc(C(=O)O)cc2)cc2cc(C(F)(F)F)ccc21. The summed E-state index contributed by atoms with van der Waals surface area (Å²) in [4.78, 5) is 11.0. The number of hydrogen-bond donors (Lipinski definition) is 1. The molecule has 0 bridgehead atoms. The molecule has 0 fully saturated rings. The molecule has 2 aromatic carbocycles. The average molecular weight is 423 g/mol. The number of carbonyl (C=O) groups is 1. The molecule has 1 heterocycles. The highest BCUT2D eigenvalue weighted by Crippen LogP contribution is 2.33. The van der Waals surface area contributed by atoms with Gasteiger partial charge in [0.1, 0.15) is 0 Å². The van der Waals surface area contributed by atoms with Crippen LogP contribution in [0.3, 0.4) is 0 Å². The Hall–Kier alpha value is -3.07. The Labute approximate surface area is 164 Å². The fraction of sp³-hybridized carbons (Fsp3) is 0.150. The second-order valence-electron chi connectivity index (χ2n) is 6.36. The van der Waals surface area contributed by atoms with Gasteiger partial charge in [0, 0.05) is 22.9 Å². The van der Waals surface area contributed by atoms with Crippen LogP contribution in [0.4, 0.5) is 13.2 Å². The van der Waals surface area contributed by atoms with E-state index in [9.17, 15) is 26.4 Å². The molecule has 5 nitrogen and oxygen atoms in total. The zero-order chi connectivity index (χ0) is 21.4. The van der Waals surface area contributed by atoms with Crippen LogP contribution in [-0.4, -0.2) is 23.5 Å². The summed E-state index contributed by atoms with van der Waals surface area (Å²) in [6, 6.07) is 10.1. The molecule has 1 N–H and O–H groups in total. The summed E-state index contributed by atoms with van der Waals surface area (Å²) in [5, 5.41) is 10.1. The predicted molar refractivity (Wildman–Crippen MR) is 102 cm³/mol. The van der Waals surface area contributed by atoms with Gasteiger partial charge in [-0.05, 0) is 48.9 Å². The first-order valence-corrected chi connectivity index (χ1v) is 9.95. The fourth-order valence-electron chi connectivity index (χ4n) is 3.05. The van der Waals surface area contributed by atoms with Crippen LogP contribution >= 0.6 is 0 Å². The van der Waals surface area contributed by atoms with Crippen molar-refractivity contribution in [2.45, 2.75) is 19.5 Å². The third-order valence-electron chi connectivity index (χ3n) is 4.31. The number of halogens is 3. The van der Waals surface area contributed by atoms with Crippen LogP contribution in [0, 0.1) is 0 Å². The van der Waals surface area contributed by atoms with Gasteiger partial charge in [-0.25, -0.2) is 17.2 Å². The number of hydrogen-bond acceptors (Lipinski definition) is 3. The maximum Gasteiger partial charge on any atom is 0.416 e. The summed E-state index contributed by atoms with van der Waals surface area (Å²) in [6.45, 7) is 1.52. The van der Waals surface area contributed by atoms with Crippen molar-refractivity contribution in [3.8, 4) is 0 Å². The molecule has 3 aromatic rings. The lowest BCUT2D eigenvalue weighted by atomic mass is 10.1. The van der Waals surface area contributed by atoms with Gasteiger partial charge in [0.25, 0.3) is 10.0 Å². The highest BCUT2D eigenvalue weighted by molar-refractivity contribution is 7.93. The van der Waals surface area contributed by atoms with E-state index in [1.807, 2.05) is 0 Å². The summed E-state index contributed by atoms with van der Waals surface area (Å²) >= 11 is 0. The zero-order valence-corrected chi connectivity index (χ0v) is 16.0. The Kier molecular flexibility index (Phi) is 5.27. The lowest BCUT2D eigenvalue weighted by Crippen LogP contribution is -2.13. The highest BCUT2D eigenvalue weighted by Gasteiger charge is 2.31. The molecular formula is C20H16F3NO4S. The maximum absolute atomic E-state index is 13.0. The molecule has 0 spiro atoms. The van der Waals surface area contributed by atoms with E-state index in [1.54, 1.807) is 0 Å². The quantitative estimate of drug-likeness (QED) is 0.648. The fourth-order valence-corrected chi connectivity index (χ4v) is 4.40. The standard InChI is InChI=1S/C20H16F3NO4S/c1-2-9-29(27,28)24-17(10-13-3-5-14(6-4-13)19(25)26)12-15-11-16(20(21,22)23)7-8-18(15)24/h2-9,11-12H,10H2,1H3,(H,25,26). The van der Waals surface area contributed by atoms with Gasteiger partial charge in [0.15, 0.2) is 0 Å². The minimum absolute atomic E-state index is 0.0747. The molecule has 0 atom stereocenters. The number of nitrogens with zero attached hydrogens (tertiary/aromatic N) is 1. The molecule has 29 heavy (non-hydrogen) atoms. The van der Waals surface area contributed by atoms with Crippen molar-refractivity contribution in [2.24, 2.45) is 0 Å². The van der Waals surface area contributed by atoms with E-state index in [1.165, 1.54) is 43.3 Å². The summed E-state index contributed by atoms with van der Waals surface area (Å²) < 4.78 is 65.6. The van der Waals surface area contributed by atoms with E-state index < -0.39 is 27.7 Å². The normalized spacial score (nSPS) is 12.7. The van der Waals surface area contributed by atoms with Crippen molar-refractivity contribution < 1.29 is 31.5 Å². The van der Waals surface area contributed by atoms with Crippen LogP contribution in [0.5, 0.6) is 0 Å². The third kappa shape index (κ3) is 4.19. The summed E-state index contributed by atoms with van der Waals surface area (Å²) in [5.74, 6) is -1.10. The van der Waals surface area contributed by atoms with E-state index in [0.717, 1.165) is 27.6 Å². The van der Waals surface area contributed by atoms with Crippen molar-refractivity contribution in [3.63, 3.8) is 0 Å². The number of rotatable bonds is 5. The molecule has 3 rings (SSSR count). The van der Waals surface area contributed by atoms with Crippen LogP contribution in [0.2, 0.25) is 0 Å². The molecule has 0 radical (unpaired) electrons. The van der Waals surface area contributed by atoms with Gasteiger partial charge in [-0.2, -0.15) is 13.2 Å². The average Bonchev–Trinajstić information content (AvgIpc) is 2.99. The molecule has 0 saturated heterocycles. The number of aromatic carboxylic acids is 1. The first-order chi connectivity index (χ1) is 13.5. The van der Waals surface area contributed by atoms with Crippen LogP contribution in [0.1, 0.15) is 34.1 Å². The highest BCUT2D eigenvalue weighted by atomic mass is 32.2. The molecule has 0 saturated carbocycles. The van der Waals surface area contributed by atoms with E-state index in [2.05, 4.69) is 0 Å². The smallest absolute Gasteiger partial charge is 0.416 e. The van der Waals surface area contributed by atoms with Gasteiger partial charge < -0.3 is 5.11 Å². The van der Waals surface area contributed by atoms with Gasteiger partial charge >= 0.3 is 12.1 Å². The van der Waals surface area contributed by atoms with Crippen LogP contribution in [0.15, 0.2) is 60.0 Å². The summed E-state index contributed by atoms with van der Waals surface area (Å²) in [7, 11) is -3.95. The summed E-state index contributed by atoms with van der Waals surface area (Å²) in [6.07, 6.45) is -3.13. The topological polar surface area (TPSA) is 76.4 Å². The minimum Gasteiger partial charge on any atom is -0.478 e. The number of carboxylic acid groups (broad SMARTS) is 1. The van der Waals surface area contributed by atoms with E-state index in [0.29, 0.717) is 5.56 Å². The Morgan fingerprint density at radius 3 is 2.31 bits per heavy atom. The van der Waals surface area contributed by atoms with Crippen molar-refractivity contribution in [3.05, 3.63) is 82.4 Å². The lowest BCUT2D eigenvalue weighted by molar-refractivity contribution is -0.137. The minimum atomic E-state index is -4.55.